The molecule has 5 heteroatoms. The highest BCUT2D eigenvalue weighted by molar-refractivity contribution is 6.30. The molecule has 0 aromatic heterocycles. The molecule has 98 valence electrons. The summed E-state index contributed by atoms with van der Waals surface area (Å²) in [5, 5.41) is 12.2. The average Bonchev–Trinajstić information content (AvgIpc) is 2.34. The smallest absolute Gasteiger partial charge is 0.320 e. The van der Waals surface area contributed by atoms with E-state index < -0.39 is 17.8 Å². The van der Waals surface area contributed by atoms with Crippen molar-refractivity contribution in [2.24, 2.45) is 0 Å². The van der Waals surface area contributed by atoms with Crippen molar-refractivity contribution in [1.82, 2.24) is 5.32 Å². The molecule has 0 saturated carbocycles. The fourth-order valence-electron chi connectivity index (χ4n) is 2.33. The number of carbonyl (C=O) groups is 1. The summed E-state index contributed by atoms with van der Waals surface area (Å²) in [7, 11) is 0. The monoisotopic (exact) mass is 271 g/mol. The SMILES string of the molecule is O=C(O)C1CCCC(Cc2ccc(Cl)c(F)c2)N1. The van der Waals surface area contributed by atoms with Crippen molar-refractivity contribution in [3.05, 3.63) is 34.6 Å². The molecule has 0 spiro atoms. The number of aliphatic carboxylic acids is 1. The normalized spacial score (nSPS) is 23.9. The lowest BCUT2D eigenvalue weighted by molar-refractivity contribution is -0.140. The van der Waals surface area contributed by atoms with Gasteiger partial charge in [-0.15, -0.1) is 0 Å². The summed E-state index contributed by atoms with van der Waals surface area (Å²) in [4.78, 5) is 10.9. The second-order valence-electron chi connectivity index (χ2n) is 4.64. The maximum atomic E-state index is 13.3. The van der Waals surface area contributed by atoms with Gasteiger partial charge in [-0.2, -0.15) is 0 Å². The van der Waals surface area contributed by atoms with Gasteiger partial charge < -0.3 is 10.4 Å². The fourth-order valence-corrected chi connectivity index (χ4v) is 2.44. The van der Waals surface area contributed by atoms with Crippen LogP contribution >= 0.6 is 11.6 Å². The van der Waals surface area contributed by atoms with Crippen LogP contribution in [0.25, 0.3) is 0 Å². The topological polar surface area (TPSA) is 49.3 Å². The van der Waals surface area contributed by atoms with Crippen molar-refractivity contribution in [3.63, 3.8) is 0 Å². The Labute approximate surface area is 110 Å². The Morgan fingerprint density at radius 1 is 1.50 bits per heavy atom. The highest BCUT2D eigenvalue weighted by Gasteiger charge is 2.25. The van der Waals surface area contributed by atoms with E-state index in [9.17, 15) is 9.18 Å². The van der Waals surface area contributed by atoms with Gasteiger partial charge in [-0.25, -0.2) is 4.39 Å². The first-order valence-corrected chi connectivity index (χ1v) is 6.37. The first kappa shape index (κ1) is 13.3. The van der Waals surface area contributed by atoms with E-state index in [4.69, 9.17) is 16.7 Å². The highest BCUT2D eigenvalue weighted by Crippen LogP contribution is 2.20. The van der Waals surface area contributed by atoms with Gasteiger partial charge in [0.25, 0.3) is 0 Å². The Balaban J connectivity index is 2.00. The molecule has 2 atom stereocenters. The molecule has 0 radical (unpaired) electrons. The molecule has 1 fully saturated rings. The second-order valence-corrected chi connectivity index (χ2v) is 5.05. The molecule has 0 amide bonds. The summed E-state index contributed by atoms with van der Waals surface area (Å²) >= 11 is 5.62. The van der Waals surface area contributed by atoms with Crippen LogP contribution in [0.2, 0.25) is 5.02 Å². The molecule has 3 nitrogen and oxygen atoms in total. The van der Waals surface area contributed by atoms with Gasteiger partial charge in [0.1, 0.15) is 11.9 Å². The Kier molecular flexibility index (Phi) is 4.19. The third-order valence-corrected chi connectivity index (χ3v) is 3.55. The van der Waals surface area contributed by atoms with Crippen molar-refractivity contribution in [2.75, 3.05) is 0 Å². The summed E-state index contributed by atoms with van der Waals surface area (Å²) in [5.41, 5.74) is 0.834. The largest absolute Gasteiger partial charge is 0.480 e. The van der Waals surface area contributed by atoms with Crippen LogP contribution in [-0.4, -0.2) is 23.2 Å². The van der Waals surface area contributed by atoms with Crippen LogP contribution in [0, 0.1) is 5.82 Å². The molecule has 0 bridgehead atoms. The number of carboxylic acids is 1. The molecule has 2 unspecified atom stereocenters. The third kappa shape index (κ3) is 3.21. The van der Waals surface area contributed by atoms with E-state index in [1.807, 2.05) is 0 Å². The summed E-state index contributed by atoms with van der Waals surface area (Å²) in [5.74, 6) is -1.25. The van der Waals surface area contributed by atoms with Crippen LogP contribution in [0.3, 0.4) is 0 Å². The number of carboxylic acid groups (broad SMARTS) is 1. The van der Waals surface area contributed by atoms with Crippen LogP contribution in [0.5, 0.6) is 0 Å². The maximum absolute atomic E-state index is 13.3. The predicted octanol–water partition coefficient (Wildman–Crippen LogP) is 2.62. The number of hydrogen-bond donors (Lipinski definition) is 2. The van der Waals surface area contributed by atoms with Gasteiger partial charge in [-0.1, -0.05) is 17.7 Å². The lowest BCUT2D eigenvalue weighted by Crippen LogP contribution is -2.47. The van der Waals surface area contributed by atoms with Gasteiger partial charge in [0, 0.05) is 6.04 Å². The molecule has 1 aromatic carbocycles. The highest BCUT2D eigenvalue weighted by atomic mass is 35.5. The van der Waals surface area contributed by atoms with E-state index >= 15 is 0 Å². The number of halogens is 2. The predicted molar refractivity (Wildman–Crippen MR) is 67.3 cm³/mol. The molecule has 0 aliphatic carbocycles. The zero-order valence-corrected chi connectivity index (χ0v) is 10.6. The first-order chi connectivity index (χ1) is 8.56. The first-order valence-electron chi connectivity index (χ1n) is 5.99. The van der Waals surface area contributed by atoms with Crippen LogP contribution in [0.4, 0.5) is 4.39 Å². The lowest BCUT2D eigenvalue weighted by Gasteiger charge is -2.28. The minimum Gasteiger partial charge on any atom is -0.480 e. The zero-order chi connectivity index (χ0) is 13.1. The quantitative estimate of drug-likeness (QED) is 0.888. The Morgan fingerprint density at radius 3 is 2.94 bits per heavy atom. The number of piperidine rings is 1. The minimum absolute atomic E-state index is 0.0837. The molecule has 1 aliphatic heterocycles. The number of hydrogen-bond acceptors (Lipinski definition) is 2. The third-order valence-electron chi connectivity index (χ3n) is 3.25. The lowest BCUT2D eigenvalue weighted by atomic mass is 9.94. The molecular formula is C13H15ClFNO2. The molecule has 1 heterocycles. The molecule has 1 aliphatic rings. The van der Waals surface area contributed by atoms with Crippen LogP contribution < -0.4 is 5.32 Å². The van der Waals surface area contributed by atoms with E-state index in [0.29, 0.717) is 12.8 Å². The van der Waals surface area contributed by atoms with Crippen LogP contribution in [0.15, 0.2) is 18.2 Å². The second kappa shape index (κ2) is 5.67. The summed E-state index contributed by atoms with van der Waals surface area (Å²) in [6.45, 7) is 0. The Hall–Kier alpha value is -1.13. The summed E-state index contributed by atoms with van der Waals surface area (Å²) < 4.78 is 13.3. The van der Waals surface area contributed by atoms with Gasteiger partial charge in [-0.05, 0) is 43.4 Å². The van der Waals surface area contributed by atoms with Crippen molar-refractivity contribution >= 4 is 17.6 Å². The molecule has 2 rings (SSSR count). The van der Waals surface area contributed by atoms with E-state index in [2.05, 4.69) is 5.32 Å². The molecule has 18 heavy (non-hydrogen) atoms. The Bertz CT molecular complexity index is 453. The Morgan fingerprint density at radius 2 is 2.28 bits per heavy atom. The molecule has 1 saturated heterocycles. The van der Waals surface area contributed by atoms with Crippen LogP contribution in [0.1, 0.15) is 24.8 Å². The van der Waals surface area contributed by atoms with E-state index in [0.717, 1.165) is 18.4 Å². The van der Waals surface area contributed by atoms with Gasteiger partial charge in [0.15, 0.2) is 0 Å². The van der Waals surface area contributed by atoms with Crippen molar-refractivity contribution < 1.29 is 14.3 Å². The standard InChI is InChI=1S/C13H15ClFNO2/c14-10-5-4-8(7-11(10)15)6-9-2-1-3-12(16-9)13(17)18/h4-5,7,9,12,16H,1-3,6H2,(H,17,18). The van der Waals surface area contributed by atoms with E-state index in [-0.39, 0.29) is 11.1 Å². The van der Waals surface area contributed by atoms with Crippen LogP contribution in [-0.2, 0) is 11.2 Å². The van der Waals surface area contributed by atoms with Gasteiger partial charge in [0.05, 0.1) is 5.02 Å². The van der Waals surface area contributed by atoms with Crippen molar-refractivity contribution in [1.29, 1.82) is 0 Å². The van der Waals surface area contributed by atoms with Gasteiger partial charge in [0.2, 0.25) is 0 Å². The maximum Gasteiger partial charge on any atom is 0.320 e. The molecule has 2 N–H and O–H groups in total. The van der Waals surface area contributed by atoms with Gasteiger partial charge in [-0.3, -0.25) is 4.79 Å². The van der Waals surface area contributed by atoms with Gasteiger partial charge >= 0.3 is 5.97 Å². The number of benzene rings is 1. The molecular weight excluding hydrogens is 257 g/mol. The fraction of sp³-hybridized carbons (Fsp3) is 0.462. The van der Waals surface area contributed by atoms with Crippen molar-refractivity contribution in [3.8, 4) is 0 Å². The van der Waals surface area contributed by atoms with E-state index in [1.54, 1.807) is 6.07 Å². The zero-order valence-electron chi connectivity index (χ0n) is 9.83. The van der Waals surface area contributed by atoms with Crippen molar-refractivity contribution in [2.45, 2.75) is 37.8 Å². The summed E-state index contributed by atoms with van der Waals surface area (Å²) in [6, 6.07) is 4.32. The number of rotatable bonds is 3. The minimum atomic E-state index is -0.818. The van der Waals surface area contributed by atoms with E-state index in [1.165, 1.54) is 12.1 Å². The molecule has 1 aromatic rings. The number of nitrogens with one attached hydrogen (secondary N) is 1. The summed E-state index contributed by atoms with van der Waals surface area (Å²) in [6.07, 6.45) is 3.07. The average molecular weight is 272 g/mol.